The molecule has 0 radical (unpaired) electrons. The molecule has 16 heavy (non-hydrogen) atoms. The highest BCUT2D eigenvalue weighted by Gasteiger charge is 2.17. The zero-order valence-electron chi connectivity index (χ0n) is 9.19. The van der Waals surface area contributed by atoms with Gasteiger partial charge >= 0.3 is 5.97 Å². The summed E-state index contributed by atoms with van der Waals surface area (Å²) in [7, 11) is 0. The average Bonchev–Trinajstić information content (AvgIpc) is 2.31. The van der Waals surface area contributed by atoms with Crippen LogP contribution in [0, 0.1) is 5.92 Å². The minimum atomic E-state index is -0.805. The Kier molecular flexibility index (Phi) is 3.88. The van der Waals surface area contributed by atoms with E-state index in [-0.39, 0.29) is 0 Å². The summed E-state index contributed by atoms with van der Waals surface area (Å²) in [6, 6.07) is 7.38. The summed E-state index contributed by atoms with van der Waals surface area (Å²) >= 11 is 2.00. The monoisotopic (exact) mass is 236 g/mol. The molecule has 0 atom stereocenters. The lowest BCUT2D eigenvalue weighted by molar-refractivity contribution is 0.0695. The minimum Gasteiger partial charge on any atom is -0.478 e. The van der Waals surface area contributed by atoms with Crippen LogP contribution in [0.15, 0.2) is 24.3 Å². The number of thioether (sulfide) groups is 1. The Morgan fingerprint density at radius 2 is 2.00 bits per heavy atom. The Hall–Kier alpha value is -0.960. The van der Waals surface area contributed by atoms with Crippen LogP contribution in [0.2, 0.25) is 0 Å². The number of hydrogen-bond donors (Lipinski definition) is 1. The summed E-state index contributed by atoms with van der Waals surface area (Å²) in [4.78, 5) is 11.1. The van der Waals surface area contributed by atoms with Crippen LogP contribution < -0.4 is 0 Å². The van der Waals surface area contributed by atoms with Crippen LogP contribution in [0.3, 0.4) is 0 Å². The number of hydrogen-bond acceptors (Lipinski definition) is 2. The average molecular weight is 236 g/mol. The van der Waals surface area contributed by atoms with E-state index in [0.717, 1.165) is 12.0 Å². The molecule has 1 aliphatic heterocycles. The quantitative estimate of drug-likeness (QED) is 0.876. The minimum absolute atomic E-state index is 0.473. The van der Waals surface area contributed by atoms with E-state index in [0.29, 0.717) is 11.5 Å². The molecule has 1 fully saturated rings. The predicted molar refractivity (Wildman–Crippen MR) is 67.2 cm³/mol. The molecule has 0 unspecified atom stereocenters. The van der Waals surface area contributed by atoms with E-state index in [1.54, 1.807) is 12.1 Å². The summed E-state index contributed by atoms with van der Waals surface area (Å²) in [5.74, 6) is 2.31. The molecule has 2 nitrogen and oxygen atoms in total. The van der Waals surface area contributed by atoms with Crippen molar-refractivity contribution in [2.24, 2.45) is 5.92 Å². The third-order valence-corrected chi connectivity index (χ3v) is 4.15. The van der Waals surface area contributed by atoms with Crippen molar-refractivity contribution < 1.29 is 9.90 Å². The largest absolute Gasteiger partial charge is 0.478 e. The van der Waals surface area contributed by atoms with Crippen LogP contribution in [0.1, 0.15) is 28.8 Å². The molecule has 3 heteroatoms. The van der Waals surface area contributed by atoms with Gasteiger partial charge in [0.1, 0.15) is 0 Å². The number of carboxylic acids is 1. The molecule has 0 bridgehead atoms. The van der Waals surface area contributed by atoms with Crippen molar-refractivity contribution in [3.8, 4) is 0 Å². The number of benzene rings is 1. The first kappa shape index (κ1) is 11.5. The van der Waals surface area contributed by atoms with E-state index in [4.69, 9.17) is 5.11 Å². The molecule has 86 valence electrons. The molecule has 0 saturated carbocycles. The van der Waals surface area contributed by atoms with Gasteiger partial charge in [0, 0.05) is 0 Å². The standard InChI is InChI=1S/C13H16O2S/c14-13(15)12-4-2-1-3-11(12)9-10-5-7-16-8-6-10/h1-4,10H,5-9H2,(H,14,15). The third kappa shape index (κ3) is 2.79. The zero-order chi connectivity index (χ0) is 11.4. The number of carboxylic acid groups (broad SMARTS) is 1. The predicted octanol–water partition coefficient (Wildman–Crippen LogP) is 3.07. The maximum Gasteiger partial charge on any atom is 0.335 e. The second-order valence-electron chi connectivity index (χ2n) is 4.22. The Morgan fingerprint density at radius 1 is 1.31 bits per heavy atom. The maximum atomic E-state index is 11.1. The highest BCUT2D eigenvalue weighted by atomic mass is 32.2. The van der Waals surface area contributed by atoms with Crippen LogP contribution in [-0.4, -0.2) is 22.6 Å². The van der Waals surface area contributed by atoms with Crippen LogP contribution in [0.25, 0.3) is 0 Å². The molecule has 1 heterocycles. The number of carbonyl (C=O) groups is 1. The molecule has 0 amide bonds. The third-order valence-electron chi connectivity index (χ3n) is 3.10. The zero-order valence-corrected chi connectivity index (χ0v) is 10.0. The molecule has 1 aromatic rings. The van der Waals surface area contributed by atoms with E-state index in [1.165, 1.54) is 24.3 Å². The highest BCUT2D eigenvalue weighted by Crippen LogP contribution is 2.26. The fourth-order valence-electron chi connectivity index (χ4n) is 2.17. The van der Waals surface area contributed by atoms with Crippen LogP contribution >= 0.6 is 11.8 Å². The van der Waals surface area contributed by atoms with Crippen LogP contribution in [-0.2, 0) is 6.42 Å². The Labute approximate surface area is 100 Å². The Bertz CT molecular complexity index is 370. The fraction of sp³-hybridized carbons (Fsp3) is 0.462. The van der Waals surface area contributed by atoms with Crippen molar-refractivity contribution in [2.75, 3.05) is 11.5 Å². The van der Waals surface area contributed by atoms with Gasteiger partial charge in [0.15, 0.2) is 0 Å². The van der Waals surface area contributed by atoms with Gasteiger partial charge in [0.2, 0.25) is 0 Å². The lowest BCUT2D eigenvalue weighted by Gasteiger charge is -2.21. The van der Waals surface area contributed by atoms with Gasteiger partial charge in [0.25, 0.3) is 0 Å². The number of aromatic carboxylic acids is 1. The fourth-order valence-corrected chi connectivity index (χ4v) is 3.37. The van der Waals surface area contributed by atoms with Crippen LogP contribution in [0.4, 0.5) is 0 Å². The SMILES string of the molecule is O=C(O)c1ccccc1CC1CCSCC1. The summed E-state index contributed by atoms with van der Waals surface area (Å²) in [6.45, 7) is 0. The van der Waals surface area contributed by atoms with E-state index < -0.39 is 5.97 Å². The smallest absolute Gasteiger partial charge is 0.335 e. The first-order valence-electron chi connectivity index (χ1n) is 5.66. The Balaban J connectivity index is 2.10. The van der Waals surface area contributed by atoms with Gasteiger partial charge in [-0.2, -0.15) is 11.8 Å². The Morgan fingerprint density at radius 3 is 2.69 bits per heavy atom. The maximum absolute atomic E-state index is 11.1. The van der Waals surface area contributed by atoms with E-state index in [2.05, 4.69) is 0 Å². The first-order chi connectivity index (χ1) is 7.77. The van der Waals surface area contributed by atoms with Gasteiger partial charge in [-0.25, -0.2) is 4.79 Å². The van der Waals surface area contributed by atoms with E-state index >= 15 is 0 Å². The first-order valence-corrected chi connectivity index (χ1v) is 6.82. The van der Waals surface area contributed by atoms with Gasteiger partial charge in [-0.1, -0.05) is 18.2 Å². The summed E-state index contributed by atoms with van der Waals surface area (Å²) < 4.78 is 0. The van der Waals surface area contributed by atoms with Gasteiger partial charge in [-0.15, -0.1) is 0 Å². The van der Waals surface area contributed by atoms with Gasteiger partial charge in [0.05, 0.1) is 5.56 Å². The topological polar surface area (TPSA) is 37.3 Å². The lowest BCUT2D eigenvalue weighted by atomic mass is 9.91. The molecule has 0 aliphatic carbocycles. The second-order valence-corrected chi connectivity index (χ2v) is 5.45. The van der Waals surface area contributed by atoms with E-state index in [1.807, 2.05) is 23.9 Å². The van der Waals surface area contributed by atoms with Gasteiger partial charge < -0.3 is 5.11 Å². The van der Waals surface area contributed by atoms with Gasteiger partial charge in [-0.05, 0) is 48.3 Å². The summed E-state index contributed by atoms with van der Waals surface area (Å²) in [6.07, 6.45) is 3.36. The summed E-state index contributed by atoms with van der Waals surface area (Å²) in [5, 5.41) is 9.09. The normalized spacial score (nSPS) is 17.2. The molecule has 1 aliphatic rings. The molecule has 0 spiro atoms. The lowest BCUT2D eigenvalue weighted by Crippen LogP contribution is -2.14. The van der Waals surface area contributed by atoms with Crippen molar-refractivity contribution in [3.05, 3.63) is 35.4 Å². The molecule has 2 rings (SSSR count). The van der Waals surface area contributed by atoms with Crippen molar-refractivity contribution in [3.63, 3.8) is 0 Å². The molecular weight excluding hydrogens is 220 g/mol. The van der Waals surface area contributed by atoms with Crippen molar-refractivity contribution >= 4 is 17.7 Å². The summed E-state index contributed by atoms with van der Waals surface area (Å²) in [5.41, 5.74) is 1.47. The molecule has 0 aromatic heterocycles. The molecule has 1 N–H and O–H groups in total. The second kappa shape index (κ2) is 5.39. The highest BCUT2D eigenvalue weighted by molar-refractivity contribution is 7.99. The number of rotatable bonds is 3. The molecule has 1 saturated heterocycles. The van der Waals surface area contributed by atoms with E-state index in [9.17, 15) is 4.79 Å². The van der Waals surface area contributed by atoms with Gasteiger partial charge in [-0.3, -0.25) is 0 Å². The van der Waals surface area contributed by atoms with Crippen LogP contribution in [0.5, 0.6) is 0 Å². The van der Waals surface area contributed by atoms with Crippen molar-refractivity contribution in [1.29, 1.82) is 0 Å². The van der Waals surface area contributed by atoms with Crippen molar-refractivity contribution in [2.45, 2.75) is 19.3 Å². The molecule has 1 aromatic carbocycles. The van der Waals surface area contributed by atoms with Crippen molar-refractivity contribution in [1.82, 2.24) is 0 Å². The molecular formula is C13H16O2S.